The van der Waals surface area contributed by atoms with Crippen molar-refractivity contribution in [3.63, 3.8) is 0 Å². The van der Waals surface area contributed by atoms with E-state index >= 15 is 0 Å². The van der Waals surface area contributed by atoms with Gasteiger partial charge in [0.25, 0.3) is 0 Å². The standard InChI is InChI=1S/C16H17N3O2S/c1-3-7-12-17-18-16(22-12)19-14(20)10(2)13(15(19)21)11-8-5-4-6-9-11/h4-6,8-10,13H,3,7H2,1-2H3. The lowest BCUT2D eigenvalue weighted by Crippen LogP contribution is -2.30. The van der Waals surface area contributed by atoms with Gasteiger partial charge in [0, 0.05) is 6.42 Å². The number of benzene rings is 1. The average molecular weight is 315 g/mol. The number of amides is 2. The number of carbonyl (C=O) groups is 2. The first kappa shape index (κ1) is 14.8. The predicted octanol–water partition coefficient (Wildman–Crippen LogP) is 2.78. The van der Waals surface area contributed by atoms with Gasteiger partial charge in [-0.15, -0.1) is 10.2 Å². The van der Waals surface area contributed by atoms with Crippen LogP contribution in [0.5, 0.6) is 0 Å². The van der Waals surface area contributed by atoms with Crippen molar-refractivity contribution in [1.29, 1.82) is 0 Å². The van der Waals surface area contributed by atoms with Gasteiger partial charge < -0.3 is 0 Å². The lowest BCUT2D eigenvalue weighted by molar-refractivity contribution is -0.122. The highest BCUT2D eigenvalue weighted by molar-refractivity contribution is 7.15. The van der Waals surface area contributed by atoms with Crippen LogP contribution in [0.2, 0.25) is 0 Å². The molecule has 2 unspecified atom stereocenters. The van der Waals surface area contributed by atoms with E-state index in [1.54, 1.807) is 6.92 Å². The summed E-state index contributed by atoms with van der Waals surface area (Å²) in [6, 6.07) is 9.44. The van der Waals surface area contributed by atoms with Gasteiger partial charge in [-0.1, -0.05) is 55.5 Å². The fourth-order valence-electron chi connectivity index (χ4n) is 2.74. The van der Waals surface area contributed by atoms with Gasteiger partial charge in [-0.05, 0) is 12.0 Å². The van der Waals surface area contributed by atoms with Crippen LogP contribution in [-0.2, 0) is 16.0 Å². The van der Waals surface area contributed by atoms with Crippen LogP contribution in [0.4, 0.5) is 5.13 Å². The van der Waals surface area contributed by atoms with Gasteiger partial charge in [-0.25, -0.2) is 4.90 Å². The minimum absolute atomic E-state index is 0.196. The molecule has 2 atom stereocenters. The molecule has 22 heavy (non-hydrogen) atoms. The van der Waals surface area contributed by atoms with Crippen LogP contribution in [0, 0.1) is 5.92 Å². The van der Waals surface area contributed by atoms with Crippen LogP contribution >= 0.6 is 11.3 Å². The minimum Gasteiger partial charge on any atom is -0.274 e. The van der Waals surface area contributed by atoms with Crippen molar-refractivity contribution in [3.05, 3.63) is 40.9 Å². The second-order valence-corrected chi connectivity index (χ2v) is 6.46. The molecule has 6 heteroatoms. The van der Waals surface area contributed by atoms with Crippen LogP contribution in [-0.4, -0.2) is 22.0 Å². The summed E-state index contributed by atoms with van der Waals surface area (Å²) in [6.07, 6.45) is 1.77. The molecule has 0 aliphatic carbocycles. The number of rotatable bonds is 4. The Kier molecular flexibility index (Phi) is 4.02. The van der Waals surface area contributed by atoms with Crippen LogP contribution < -0.4 is 4.90 Å². The van der Waals surface area contributed by atoms with Crippen molar-refractivity contribution in [2.45, 2.75) is 32.6 Å². The molecule has 0 bridgehead atoms. The number of nitrogens with zero attached hydrogens (tertiary/aromatic N) is 3. The first-order valence-electron chi connectivity index (χ1n) is 7.38. The first-order valence-corrected chi connectivity index (χ1v) is 8.20. The van der Waals surface area contributed by atoms with Crippen molar-refractivity contribution >= 4 is 28.3 Å². The van der Waals surface area contributed by atoms with Gasteiger partial charge >= 0.3 is 0 Å². The van der Waals surface area contributed by atoms with E-state index in [0.29, 0.717) is 5.13 Å². The number of carbonyl (C=O) groups excluding carboxylic acids is 2. The summed E-state index contributed by atoms with van der Waals surface area (Å²) in [5, 5.41) is 9.35. The first-order chi connectivity index (χ1) is 10.6. The topological polar surface area (TPSA) is 63.2 Å². The van der Waals surface area contributed by atoms with E-state index in [-0.39, 0.29) is 17.7 Å². The maximum Gasteiger partial charge on any atom is 0.244 e. The number of hydrogen-bond donors (Lipinski definition) is 0. The summed E-state index contributed by atoms with van der Waals surface area (Å²) >= 11 is 1.32. The molecule has 2 heterocycles. The summed E-state index contributed by atoms with van der Waals surface area (Å²) in [6.45, 7) is 3.85. The average Bonchev–Trinajstić information content (AvgIpc) is 3.05. The van der Waals surface area contributed by atoms with E-state index in [0.717, 1.165) is 23.4 Å². The van der Waals surface area contributed by atoms with Gasteiger partial charge in [0.2, 0.25) is 16.9 Å². The molecule has 0 spiro atoms. The predicted molar refractivity (Wildman–Crippen MR) is 84.7 cm³/mol. The lowest BCUT2D eigenvalue weighted by Gasteiger charge is -2.11. The second-order valence-electron chi connectivity index (χ2n) is 5.42. The van der Waals surface area contributed by atoms with Gasteiger partial charge in [0.05, 0.1) is 11.8 Å². The quantitative estimate of drug-likeness (QED) is 0.814. The van der Waals surface area contributed by atoms with Crippen molar-refractivity contribution in [2.24, 2.45) is 5.92 Å². The summed E-state index contributed by atoms with van der Waals surface area (Å²) in [5.74, 6) is -1.22. The number of imide groups is 1. The Balaban J connectivity index is 1.93. The summed E-state index contributed by atoms with van der Waals surface area (Å²) in [7, 11) is 0. The number of anilines is 1. The van der Waals surface area contributed by atoms with Crippen molar-refractivity contribution < 1.29 is 9.59 Å². The molecule has 0 saturated carbocycles. The van der Waals surface area contributed by atoms with Crippen LogP contribution in [0.3, 0.4) is 0 Å². The van der Waals surface area contributed by atoms with Crippen molar-refractivity contribution in [1.82, 2.24) is 10.2 Å². The molecule has 1 aromatic carbocycles. The molecule has 1 aromatic heterocycles. The van der Waals surface area contributed by atoms with E-state index in [2.05, 4.69) is 17.1 Å². The number of hydrogen-bond acceptors (Lipinski definition) is 5. The fourth-order valence-corrected chi connectivity index (χ4v) is 3.69. The molecule has 0 N–H and O–H groups in total. The van der Waals surface area contributed by atoms with E-state index in [1.807, 2.05) is 30.3 Å². The highest BCUT2D eigenvalue weighted by Crippen LogP contribution is 2.38. The second kappa shape index (κ2) is 5.96. The molecule has 5 nitrogen and oxygen atoms in total. The SMILES string of the molecule is CCCc1nnc(N2C(=O)C(C)C(c3ccccc3)C2=O)s1. The smallest absolute Gasteiger partial charge is 0.244 e. The third kappa shape index (κ3) is 2.43. The zero-order valence-electron chi connectivity index (χ0n) is 12.5. The highest BCUT2D eigenvalue weighted by atomic mass is 32.1. The zero-order chi connectivity index (χ0) is 15.7. The Morgan fingerprint density at radius 2 is 1.86 bits per heavy atom. The lowest BCUT2D eigenvalue weighted by atomic mass is 9.89. The Hall–Kier alpha value is -2.08. The van der Waals surface area contributed by atoms with Gasteiger partial charge in [-0.2, -0.15) is 0 Å². The van der Waals surface area contributed by atoms with E-state index in [1.165, 1.54) is 16.2 Å². The summed E-state index contributed by atoms with van der Waals surface area (Å²) < 4.78 is 0. The maximum atomic E-state index is 12.7. The number of aryl methyl sites for hydroxylation is 1. The minimum atomic E-state index is -0.438. The van der Waals surface area contributed by atoms with Crippen LogP contribution in [0.15, 0.2) is 30.3 Å². The van der Waals surface area contributed by atoms with E-state index < -0.39 is 5.92 Å². The molecule has 114 valence electrons. The van der Waals surface area contributed by atoms with E-state index in [4.69, 9.17) is 0 Å². The van der Waals surface area contributed by atoms with Gasteiger partial charge in [0.1, 0.15) is 5.01 Å². The number of aromatic nitrogens is 2. The molecule has 2 amide bonds. The molecule has 3 rings (SSSR count). The normalized spacial score (nSPS) is 21.6. The van der Waals surface area contributed by atoms with E-state index in [9.17, 15) is 9.59 Å². The summed E-state index contributed by atoms with van der Waals surface area (Å²) in [4.78, 5) is 26.5. The largest absolute Gasteiger partial charge is 0.274 e. The van der Waals surface area contributed by atoms with Gasteiger partial charge in [-0.3, -0.25) is 9.59 Å². The molecular weight excluding hydrogens is 298 g/mol. The van der Waals surface area contributed by atoms with Crippen molar-refractivity contribution in [3.8, 4) is 0 Å². The molecule has 2 aromatic rings. The zero-order valence-corrected chi connectivity index (χ0v) is 13.3. The third-order valence-corrected chi connectivity index (χ3v) is 4.83. The van der Waals surface area contributed by atoms with Crippen LogP contribution in [0.25, 0.3) is 0 Å². The Morgan fingerprint density at radius 3 is 2.55 bits per heavy atom. The molecule has 1 fully saturated rings. The van der Waals surface area contributed by atoms with Crippen molar-refractivity contribution in [2.75, 3.05) is 4.90 Å². The summed E-state index contributed by atoms with van der Waals surface area (Å²) in [5.41, 5.74) is 0.870. The molecule has 0 radical (unpaired) electrons. The Bertz CT molecular complexity index is 698. The fraction of sp³-hybridized carbons (Fsp3) is 0.375. The Labute approximate surface area is 133 Å². The Morgan fingerprint density at radius 1 is 1.14 bits per heavy atom. The maximum absolute atomic E-state index is 12.7. The molecule has 1 saturated heterocycles. The molecule has 1 aliphatic heterocycles. The van der Waals surface area contributed by atoms with Gasteiger partial charge in [0.15, 0.2) is 0 Å². The highest BCUT2D eigenvalue weighted by Gasteiger charge is 2.47. The molecular formula is C16H17N3O2S. The monoisotopic (exact) mass is 315 g/mol. The third-order valence-electron chi connectivity index (χ3n) is 3.87. The molecule has 1 aliphatic rings. The van der Waals surface area contributed by atoms with Crippen LogP contribution in [0.1, 0.15) is 36.8 Å².